The standard InChI is InChI=1S/C14H19N2P/c1-3-5-12-7-8-14(17)13(10-12)16-9-4-6-11(2)15-16/h4,6-8,10H,3,5,9,17H2,1-2H3. The fraction of sp³-hybridized carbons (Fsp3) is 0.357. The molecule has 1 aromatic rings. The fourth-order valence-corrected chi connectivity index (χ4v) is 2.33. The van der Waals surface area contributed by atoms with Gasteiger partial charge in [0.1, 0.15) is 0 Å². The van der Waals surface area contributed by atoms with Crippen LogP contribution in [-0.4, -0.2) is 12.3 Å². The van der Waals surface area contributed by atoms with Crippen molar-refractivity contribution in [1.29, 1.82) is 0 Å². The van der Waals surface area contributed by atoms with Crippen LogP contribution >= 0.6 is 9.24 Å². The molecule has 0 aliphatic carbocycles. The van der Waals surface area contributed by atoms with Crippen LogP contribution in [-0.2, 0) is 6.42 Å². The van der Waals surface area contributed by atoms with Crippen molar-refractivity contribution in [3.8, 4) is 0 Å². The first-order valence-electron chi connectivity index (χ1n) is 6.08. The Morgan fingerprint density at radius 2 is 2.24 bits per heavy atom. The molecule has 0 spiro atoms. The van der Waals surface area contributed by atoms with Crippen molar-refractivity contribution in [1.82, 2.24) is 0 Å². The Morgan fingerprint density at radius 3 is 2.94 bits per heavy atom. The predicted octanol–water partition coefficient (Wildman–Crippen LogP) is 2.89. The summed E-state index contributed by atoms with van der Waals surface area (Å²) in [6.45, 7) is 5.09. The molecule has 1 unspecified atom stereocenters. The zero-order valence-corrected chi connectivity index (χ0v) is 11.6. The lowest BCUT2D eigenvalue weighted by Gasteiger charge is -2.23. The summed E-state index contributed by atoms with van der Waals surface area (Å²) in [5.41, 5.74) is 3.64. The molecule has 1 atom stereocenters. The van der Waals surface area contributed by atoms with E-state index >= 15 is 0 Å². The molecular weight excluding hydrogens is 227 g/mol. The molecule has 0 bridgehead atoms. The topological polar surface area (TPSA) is 15.6 Å². The van der Waals surface area contributed by atoms with E-state index in [1.54, 1.807) is 0 Å². The van der Waals surface area contributed by atoms with Gasteiger partial charge in [-0.2, -0.15) is 5.10 Å². The predicted molar refractivity (Wildman–Crippen MR) is 79.4 cm³/mol. The van der Waals surface area contributed by atoms with Gasteiger partial charge in [0.15, 0.2) is 0 Å². The lowest BCUT2D eigenvalue weighted by molar-refractivity contribution is 0.906. The highest BCUT2D eigenvalue weighted by molar-refractivity contribution is 7.28. The number of aryl methyl sites for hydroxylation is 1. The van der Waals surface area contributed by atoms with Crippen LogP contribution in [0, 0.1) is 0 Å². The second-order valence-electron chi connectivity index (χ2n) is 4.37. The van der Waals surface area contributed by atoms with E-state index < -0.39 is 0 Å². The van der Waals surface area contributed by atoms with Crippen LogP contribution in [0.25, 0.3) is 0 Å². The summed E-state index contributed by atoms with van der Waals surface area (Å²) in [5.74, 6) is 0. The molecule has 0 aromatic heterocycles. The van der Waals surface area contributed by atoms with Crippen molar-refractivity contribution >= 4 is 25.9 Å². The average molecular weight is 246 g/mol. The summed E-state index contributed by atoms with van der Waals surface area (Å²) >= 11 is 0. The minimum atomic E-state index is 0.855. The van der Waals surface area contributed by atoms with Gasteiger partial charge >= 0.3 is 0 Å². The van der Waals surface area contributed by atoms with Gasteiger partial charge in [-0.3, -0.25) is 5.01 Å². The van der Waals surface area contributed by atoms with Crippen LogP contribution in [0.3, 0.4) is 0 Å². The van der Waals surface area contributed by atoms with Crippen LogP contribution < -0.4 is 10.3 Å². The SMILES string of the molecule is CCCc1ccc(P)c(N2CC=CC(C)=N2)c1. The summed E-state index contributed by atoms with van der Waals surface area (Å²) in [4.78, 5) is 0. The molecule has 1 aromatic carbocycles. The number of hydrogen-bond donors (Lipinski definition) is 0. The van der Waals surface area contributed by atoms with Crippen LogP contribution in [0.15, 0.2) is 35.5 Å². The van der Waals surface area contributed by atoms with Crippen LogP contribution in [0.5, 0.6) is 0 Å². The number of nitrogens with zero attached hydrogens (tertiary/aromatic N) is 2. The Morgan fingerprint density at radius 1 is 1.41 bits per heavy atom. The van der Waals surface area contributed by atoms with Crippen molar-refractivity contribution in [2.75, 3.05) is 11.6 Å². The Labute approximate surface area is 106 Å². The maximum Gasteiger partial charge on any atom is 0.0671 e. The highest BCUT2D eigenvalue weighted by Gasteiger charge is 2.10. The number of hydrazone groups is 1. The first-order valence-corrected chi connectivity index (χ1v) is 6.66. The van der Waals surface area contributed by atoms with Crippen LogP contribution in [0.2, 0.25) is 0 Å². The van der Waals surface area contributed by atoms with Gasteiger partial charge in [-0.15, -0.1) is 9.24 Å². The smallest absolute Gasteiger partial charge is 0.0671 e. The normalized spacial score (nSPS) is 15.0. The van der Waals surface area contributed by atoms with E-state index in [0.29, 0.717) is 0 Å². The molecule has 1 aliphatic heterocycles. The van der Waals surface area contributed by atoms with Crippen LogP contribution in [0.4, 0.5) is 5.69 Å². The molecule has 90 valence electrons. The molecule has 0 saturated carbocycles. The van der Waals surface area contributed by atoms with Crippen LogP contribution in [0.1, 0.15) is 25.8 Å². The Kier molecular flexibility index (Phi) is 3.96. The maximum absolute atomic E-state index is 4.56. The monoisotopic (exact) mass is 246 g/mol. The maximum atomic E-state index is 4.56. The lowest BCUT2D eigenvalue weighted by Crippen LogP contribution is -2.24. The Hall–Kier alpha value is -1.14. The zero-order chi connectivity index (χ0) is 12.3. The zero-order valence-electron chi connectivity index (χ0n) is 10.5. The Bertz CT molecular complexity index is 463. The van der Waals surface area contributed by atoms with E-state index in [1.807, 2.05) is 6.92 Å². The summed E-state index contributed by atoms with van der Waals surface area (Å²) in [5, 5.41) is 7.84. The van der Waals surface area contributed by atoms with Gasteiger partial charge in [-0.1, -0.05) is 31.6 Å². The average Bonchev–Trinajstić information content (AvgIpc) is 2.32. The molecule has 0 amide bonds. The largest absolute Gasteiger partial charge is 0.261 e. The van der Waals surface area contributed by atoms with Gasteiger partial charge in [0.25, 0.3) is 0 Å². The molecule has 0 N–H and O–H groups in total. The van der Waals surface area contributed by atoms with Gasteiger partial charge in [-0.25, -0.2) is 0 Å². The number of rotatable bonds is 3. The van der Waals surface area contributed by atoms with Crippen molar-refractivity contribution < 1.29 is 0 Å². The van der Waals surface area contributed by atoms with E-state index in [-0.39, 0.29) is 0 Å². The minimum Gasteiger partial charge on any atom is -0.261 e. The second-order valence-corrected chi connectivity index (χ2v) is 4.99. The van der Waals surface area contributed by atoms with Gasteiger partial charge in [0.05, 0.1) is 17.9 Å². The van der Waals surface area contributed by atoms with E-state index in [2.05, 4.69) is 56.6 Å². The van der Waals surface area contributed by atoms with E-state index in [1.165, 1.54) is 23.0 Å². The number of benzene rings is 1. The first kappa shape index (κ1) is 12.3. The molecule has 1 heterocycles. The molecular formula is C14H19N2P. The third-order valence-electron chi connectivity index (χ3n) is 2.83. The number of anilines is 1. The molecule has 17 heavy (non-hydrogen) atoms. The Balaban J connectivity index is 2.31. The number of hydrogen-bond acceptors (Lipinski definition) is 2. The molecule has 3 heteroatoms. The van der Waals surface area contributed by atoms with Gasteiger partial charge in [-0.05, 0) is 36.4 Å². The highest BCUT2D eigenvalue weighted by atomic mass is 31.0. The second kappa shape index (κ2) is 5.46. The minimum absolute atomic E-state index is 0.855. The summed E-state index contributed by atoms with van der Waals surface area (Å²) in [6, 6.07) is 6.61. The summed E-state index contributed by atoms with van der Waals surface area (Å²) < 4.78 is 0. The fourth-order valence-electron chi connectivity index (χ4n) is 2.00. The molecule has 2 nitrogen and oxygen atoms in total. The quantitative estimate of drug-likeness (QED) is 0.749. The third-order valence-corrected chi connectivity index (χ3v) is 3.32. The highest BCUT2D eigenvalue weighted by Crippen LogP contribution is 2.19. The summed E-state index contributed by atoms with van der Waals surface area (Å²) in [7, 11) is 2.79. The third kappa shape index (κ3) is 2.95. The van der Waals surface area contributed by atoms with Crippen molar-refractivity contribution in [3.05, 3.63) is 35.9 Å². The van der Waals surface area contributed by atoms with E-state index in [9.17, 15) is 0 Å². The number of allylic oxidation sites excluding steroid dienone is 1. The molecule has 1 aliphatic rings. The van der Waals surface area contributed by atoms with Gasteiger partial charge < -0.3 is 0 Å². The lowest BCUT2D eigenvalue weighted by atomic mass is 10.1. The van der Waals surface area contributed by atoms with Gasteiger partial charge in [0.2, 0.25) is 0 Å². The van der Waals surface area contributed by atoms with E-state index in [4.69, 9.17) is 0 Å². The molecule has 0 radical (unpaired) electrons. The van der Waals surface area contributed by atoms with Gasteiger partial charge in [0, 0.05) is 0 Å². The molecule has 2 rings (SSSR count). The summed E-state index contributed by atoms with van der Waals surface area (Å²) in [6.07, 6.45) is 6.52. The van der Waals surface area contributed by atoms with Crippen molar-refractivity contribution in [2.45, 2.75) is 26.7 Å². The van der Waals surface area contributed by atoms with Crippen molar-refractivity contribution in [2.24, 2.45) is 5.10 Å². The van der Waals surface area contributed by atoms with Crippen molar-refractivity contribution in [3.63, 3.8) is 0 Å². The first-order chi connectivity index (χ1) is 8.20. The van der Waals surface area contributed by atoms with E-state index in [0.717, 1.165) is 18.7 Å². The molecule has 0 fully saturated rings. The molecule has 0 saturated heterocycles.